The molecule has 0 radical (unpaired) electrons. The summed E-state index contributed by atoms with van der Waals surface area (Å²) in [5.74, 6) is -0.808. The minimum atomic E-state index is -2.07. The van der Waals surface area contributed by atoms with Crippen molar-refractivity contribution in [2.24, 2.45) is 0 Å². The Morgan fingerprint density at radius 3 is 2.43 bits per heavy atom. The Morgan fingerprint density at radius 2 is 1.90 bits per heavy atom. The molecular weight excluding hydrogens is 361 g/mol. The van der Waals surface area contributed by atoms with Crippen molar-refractivity contribution in [1.29, 1.82) is 0 Å². The van der Waals surface area contributed by atoms with Crippen molar-refractivity contribution >= 4 is 62.9 Å². The summed E-state index contributed by atoms with van der Waals surface area (Å²) < 4.78 is -2.07. The molecule has 2 aromatic rings. The summed E-state index contributed by atoms with van der Waals surface area (Å²) in [5.41, 5.74) is 1.21. The number of anilines is 1. The lowest BCUT2D eigenvalue weighted by Crippen LogP contribution is -2.26. The van der Waals surface area contributed by atoms with Gasteiger partial charge in [0.2, 0.25) is 0 Å². The SMILES string of the molecule is O=C(Nc1nc(-c2ccc([N+](=O)[O-])cc2)cs1)C(Cl)(Cl)Cl. The number of hydrogen-bond acceptors (Lipinski definition) is 5. The van der Waals surface area contributed by atoms with Gasteiger partial charge in [0.15, 0.2) is 5.13 Å². The van der Waals surface area contributed by atoms with E-state index in [9.17, 15) is 14.9 Å². The van der Waals surface area contributed by atoms with Gasteiger partial charge in [0.25, 0.3) is 15.4 Å². The van der Waals surface area contributed by atoms with Crippen LogP contribution in [0.3, 0.4) is 0 Å². The van der Waals surface area contributed by atoms with Gasteiger partial charge >= 0.3 is 0 Å². The van der Waals surface area contributed by atoms with Gasteiger partial charge in [-0.3, -0.25) is 20.2 Å². The van der Waals surface area contributed by atoms with E-state index in [0.29, 0.717) is 11.3 Å². The number of nitrogens with zero attached hydrogens (tertiary/aromatic N) is 2. The van der Waals surface area contributed by atoms with Crippen LogP contribution in [0.15, 0.2) is 29.6 Å². The van der Waals surface area contributed by atoms with Crippen LogP contribution >= 0.6 is 46.1 Å². The van der Waals surface area contributed by atoms with Gasteiger partial charge in [-0.2, -0.15) is 0 Å². The lowest BCUT2D eigenvalue weighted by molar-refractivity contribution is -0.384. The number of alkyl halides is 3. The number of benzene rings is 1. The minimum absolute atomic E-state index is 0.0151. The van der Waals surface area contributed by atoms with Gasteiger partial charge < -0.3 is 0 Å². The number of amides is 1. The summed E-state index contributed by atoms with van der Waals surface area (Å²) in [4.78, 5) is 25.7. The third kappa shape index (κ3) is 4.04. The molecule has 10 heteroatoms. The van der Waals surface area contributed by atoms with E-state index < -0.39 is 14.6 Å². The van der Waals surface area contributed by atoms with Gasteiger partial charge in [-0.1, -0.05) is 34.8 Å². The zero-order valence-electron chi connectivity index (χ0n) is 10.0. The fourth-order valence-corrected chi connectivity index (χ4v) is 2.24. The molecule has 110 valence electrons. The molecule has 0 unspecified atom stereocenters. The molecule has 0 bridgehead atoms. The molecule has 0 saturated carbocycles. The van der Waals surface area contributed by atoms with Gasteiger partial charge in [0.1, 0.15) is 0 Å². The standard InChI is InChI=1S/C11H6Cl3N3O3S/c12-11(13,14)9(18)16-10-15-8(5-21-10)6-1-3-7(4-2-6)17(19)20/h1-5H,(H,15,16,18). The number of nitrogens with one attached hydrogen (secondary N) is 1. The largest absolute Gasteiger partial charge is 0.298 e. The van der Waals surface area contributed by atoms with Gasteiger partial charge in [0.05, 0.1) is 10.6 Å². The zero-order valence-corrected chi connectivity index (χ0v) is 13.1. The number of halogens is 3. The molecule has 1 N–H and O–H groups in total. The van der Waals surface area contributed by atoms with Crippen molar-refractivity contribution in [3.05, 3.63) is 39.8 Å². The van der Waals surface area contributed by atoms with Crippen molar-refractivity contribution in [3.8, 4) is 11.3 Å². The summed E-state index contributed by atoms with van der Waals surface area (Å²) in [7, 11) is 0. The van der Waals surface area contributed by atoms with E-state index in [1.807, 2.05) is 0 Å². The molecule has 0 atom stereocenters. The number of non-ortho nitro benzene ring substituents is 1. The van der Waals surface area contributed by atoms with E-state index >= 15 is 0 Å². The van der Waals surface area contributed by atoms with Gasteiger partial charge in [-0.15, -0.1) is 11.3 Å². The number of thiazole rings is 1. The first-order valence-corrected chi connectivity index (χ1v) is 7.37. The molecule has 0 fully saturated rings. The molecule has 0 aliphatic rings. The lowest BCUT2D eigenvalue weighted by atomic mass is 10.1. The Bertz CT molecular complexity index is 682. The Morgan fingerprint density at radius 1 is 1.29 bits per heavy atom. The first-order valence-electron chi connectivity index (χ1n) is 5.36. The molecule has 2 rings (SSSR count). The highest BCUT2D eigenvalue weighted by atomic mass is 35.6. The van der Waals surface area contributed by atoms with E-state index in [1.165, 1.54) is 12.1 Å². The average Bonchev–Trinajstić information content (AvgIpc) is 2.86. The Kier molecular flexibility index (Phi) is 4.67. The Balaban J connectivity index is 2.16. The zero-order chi connectivity index (χ0) is 15.6. The van der Waals surface area contributed by atoms with E-state index in [2.05, 4.69) is 10.3 Å². The van der Waals surface area contributed by atoms with Crippen molar-refractivity contribution < 1.29 is 9.72 Å². The highest BCUT2D eigenvalue weighted by Crippen LogP contribution is 2.30. The minimum Gasteiger partial charge on any atom is -0.298 e. The second-order valence-corrected chi connectivity index (χ2v) is 6.93. The van der Waals surface area contributed by atoms with Crippen molar-refractivity contribution in [3.63, 3.8) is 0 Å². The molecule has 0 aliphatic heterocycles. The normalized spacial score (nSPS) is 11.2. The van der Waals surface area contributed by atoms with Crippen molar-refractivity contribution in [2.45, 2.75) is 3.79 Å². The van der Waals surface area contributed by atoms with Gasteiger partial charge in [0, 0.05) is 23.1 Å². The van der Waals surface area contributed by atoms with Crippen LogP contribution < -0.4 is 5.32 Å². The molecule has 1 amide bonds. The molecule has 1 aromatic carbocycles. The van der Waals surface area contributed by atoms with E-state index in [1.54, 1.807) is 17.5 Å². The predicted molar refractivity (Wildman–Crippen MR) is 83.1 cm³/mol. The van der Waals surface area contributed by atoms with Crippen LogP contribution in [-0.2, 0) is 4.79 Å². The van der Waals surface area contributed by atoms with Crippen LogP contribution in [0.4, 0.5) is 10.8 Å². The first-order chi connectivity index (χ1) is 9.77. The highest BCUT2D eigenvalue weighted by Gasteiger charge is 2.31. The third-order valence-corrected chi connectivity index (χ3v) is 3.63. The van der Waals surface area contributed by atoms with Crippen LogP contribution in [0, 0.1) is 10.1 Å². The highest BCUT2D eigenvalue weighted by molar-refractivity contribution is 7.14. The number of hydrogen-bond donors (Lipinski definition) is 1. The molecular formula is C11H6Cl3N3O3S. The maximum absolute atomic E-state index is 11.5. The second kappa shape index (κ2) is 6.15. The van der Waals surface area contributed by atoms with E-state index in [-0.39, 0.29) is 10.8 Å². The fraction of sp³-hybridized carbons (Fsp3) is 0.0909. The summed E-state index contributed by atoms with van der Waals surface area (Å²) in [6, 6.07) is 5.87. The van der Waals surface area contributed by atoms with E-state index in [4.69, 9.17) is 34.8 Å². The maximum atomic E-state index is 11.5. The number of aromatic nitrogens is 1. The number of rotatable bonds is 3. The monoisotopic (exact) mass is 365 g/mol. The number of nitro groups is 1. The summed E-state index contributed by atoms with van der Waals surface area (Å²) in [6.07, 6.45) is 0. The number of nitro benzene ring substituents is 1. The average molecular weight is 367 g/mol. The van der Waals surface area contributed by atoms with Crippen LogP contribution in [0.5, 0.6) is 0 Å². The van der Waals surface area contributed by atoms with Crippen LogP contribution in [0.2, 0.25) is 0 Å². The lowest BCUT2D eigenvalue weighted by Gasteiger charge is -2.08. The quantitative estimate of drug-likeness (QED) is 0.505. The molecule has 1 heterocycles. The Labute approximate surface area is 137 Å². The van der Waals surface area contributed by atoms with Gasteiger partial charge in [-0.05, 0) is 12.1 Å². The molecule has 0 saturated heterocycles. The number of carbonyl (C=O) groups excluding carboxylic acids is 1. The van der Waals surface area contributed by atoms with Crippen LogP contribution in [-0.4, -0.2) is 19.6 Å². The smallest absolute Gasteiger partial charge is 0.278 e. The molecule has 1 aromatic heterocycles. The van der Waals surface area contributed by atoms with E-state index in [0.717, 1.165) is 11.3 Å². The van der Waals surface area contributed by atoms with Gasteiger partial charge in [-0.25, -0.2) is 4.98 Å². The Hall–Kier alpha value is -1.41. The van der Waals surface area contributed by atoms with Crippen LogP contribution in [0.1, 0.15) is 0 Å². The topological polar surface area (TPSA) is 85.1 Å². The second-order valence-electron chi connectivity index (χ2n) is 3.79. The van der Waals surface area contributed by atoms with Crippen LogP contribution in [0.25, 0.3) is 11.3 Å². The predicted octanol–water partition coefficient (Wildman–Crippen LogP) is 4.03. The fourth-order valence-electron chi connectivity index (χ4n) is 1.39. The molecule has 0 spiro atoms. The first kappa shape index (κ1) is 16.0. The number of carbonyl (C=O) groups is 1. The third-order valence-electron chi connectivity index (χ3n) is 2.36. The maximum Gasteiger partial charge on any atom is 0.278 e. The van der Waals surface area contributed by atoms with Crippen molar-refractivity contribution in [2.75, 3.05) is 5.32 Å². The molecule has 21 heavy (non-hydrogen) atoms. The summed E-state index contributed by atoms with van der Waals surface area (Å²) in [5, 5.41) is 14.9. The summed E-state index contributed by atoms with van der Waals surface area (Å²) >= 11 is 17.5. The van der Waals surface area contributed by atoms with Crippen molar-refractivity contribution in [1.82, 2.24) is 4.98 Å². The molecule has 6 nitrogen and oxygen atoms in total. The molecule has 0 aliphatic carbocycles. The summed E-state index contributed by atoms with van der Waals surface area (Å²) in [6.45, 7) is 0.